The molecule has 0 aromatic carbocycles. The van der Waals surface area contributed by atoms with Crippen LogP contribution in [-0.2, 0) is 4.79 Å². The SMILES string of the molecule is CC1(C)C(=O)[C@]2(C)CC[C@H]1C2. The molecule has 0 aromatic heterocycles. The van der Waals surface area contributed by atoms with Crippen LogP contribution in [0, 0.1) is 16.7 Å². The maximum atomic E-state index is 11.8. The van der Waals surface area contributed by atoms with E-state index in [4.69, 9.17) is 0 Å². The van der Waals surface area contributed by atoms with Gasteiger partial charge in [0.15, 0.2) is 0 Å². The largest absolute Gasteiger partial charge is 0.298 e. The zero-order chi connectivity index (χ0) is 8.28. The van der Waals surface area contributed by atoms with Gasteiger partial charge in [-0.1, -0.05) is 20.8 Å². The first-order valence-electron chi connectivity index (χ1n) is 4.52. The van der Waals surface area contributed by atoms with E-state index in [2.05, 4.69) is 20.8 Å². The summed E-state index contributed by atoms with van der Waals surface area (Å²) >= 11 is 0. The number of fused-ring (bicyclic) bond motifs is 2. The first-order chi connectivity index (χ1) is 4.97. The molecule has 0 saturated heterocycles. The Bertz CT molecular complexity index is 210. The molecular formula is C10H16O. The van der Waals surface area contributed by atoms with Crippen molar-refractivity contribution in [3.8, 4) is 0 Å². The molecule has 0 amide bonds. The smallest absolute Gasteiger partial charge is 0.144 e. The third-order valence-corrected chi connectivity index (χ3v) is 3.90. The number of Topliss-reactive ketones (excluding diaryl/α,β-unsaturated/α-hetero) is 1. The number of ketones is 1. The molecule has 0 N–H and O–H groups in total. The molecule has 62 valence electrons. The number of hydrogen-bond donors (Lipinski definition) is 0. The van der Waals surface area contributed by atoms with Gasteiger partial charge in [-0.05, 0) is 25.2 Å². The molecule has 0 aliphatic heterocycles. The summed E-state index contributed by atoms with van der Waals surface area (Å²) < 4.78 is 0. The van der Waals surface area contributed by atoms with Crippen molar-refractivity contribution in [1.82, 2.24) is 0 Å². The quantitative estimate of drug-likeness (QED) is 0.521. The number of hydrogen-bond acceptors (Lipinski definition) is 1. The minimum atomic E-state index is -0.00694. The average molecular weight is 152 g/mol. The highest BCUT2D eigenvalue weighted by Gasteiger charge is 2.58. The minimum Gasteiger partial charge on any atom is -0.298 e. The van der Waals surface area contributed by atoms with Crippen LogP contribution in [0.3, 0.4) is 0 Å². The lowest BCUT2D eigenvalue weighted by atomic mass is 9.72. The summed E-state index contributed by atoms with van der Waals surface area (Å²) in [6, 6.07) is 0. The zero-order valence-electron chi connectivity index (χ0n) is 7.61. The standard InChI is InChI=1S/C10H16O/c1-9(2)7-4-5-10(3,6-7)8(9)11/h7H,4-6H2,1-3H3/t7-,10+/m0/s1. The van der Waals surface area contributed by atoms with Gasteiger partial charge in [-0.25, -0.2) is 0 Å². The molecule has 0 spiro atoms. The molecule has 2 bridgehead atoms. The van der Waals surface area contributed by atoms with Crippen molar-refractivity contribution >= 4 is 5.78 Å². The molecule has 0 unspecified atom stereocenters. The van der Waals surface area contributed by atoms with Gasteiger partial charge in [0, 0.05) is 10.8 Å². The Hall–Kier alpha value is -0.330. The highest BCUT2D eigenvalue weighted by molar-refractivity contribution is 5.92. The Kier molecular flexibility index (Phi) is 1.13. The lowest BCUT2D eigenvalue weighted by Gasteiger charge is -2.31. The van der Waals surface area contributed by atoms with Gasteiger partial charge in [-0.3, -0.25) is 4.79 Å². The monoisotopic (exact) mass is 152 g/mol. The fourth-order valence-corrected chi connectivity index (χ4v) is 3.03. The Morgan fingerprint density at radius 2 is 2.00 bits per heavy atom. The van der Waals surface area contributed by atoms with Crippen molar-refractivity contribution in [3.63, 3.8) is 0 Å². The van der Waals surface area contributed by atoms with Gasteiger partial charge < -0.3 is 0 Å². The second-order valence-corrected chi connectivity index (χ2v) is 5.05. The topological polar surface area (TPSA) is 17.1 Å². The first kappa shape index (κ1) is 7.33. The van der Waals surface area contributed by atoms with Crippen LogP contribution in [0.2, 0.25) is 0 Å². The number of rotatable bonds is 0. The van der Waals surface area contributed by atoms with Gasteiger partial charge in [0.2, 0.25) is 0 Å². The van der Waals surface area contributed by atoms with Crippen LogP contribution in [0.4, 0.5) is 0 Å². The van der Waals surface area contributed by atoms with Crippen molar-refractivity contribution < 1.29 is 4.79 Å². The molecule has 1 heteroatoms. The van der Waals surface area contributed by atoms with E-state index in [-0.39, 0.29) is 10.8 Å². The minimum absolute atomic E-state index is 0.00694. The van der Waals surface area contributed by atoms with Crippen LogP contribution < -0.4 is 0 Å². The number of carbonyl (C=O) groups is 1. The predicted molar refractivity (Wildman–Crippen MR) is 44.2 cm³/mol. The van der Waals surface area contributed by atoms with E-state index in [1.807, 2.05) is 0 Å². The normalized spacial score (nSPS) is 46.8. The van der Waals surface area contributed by atoms with E-state index >= 15 is 0 Å². The summed E-state index contributed by atoms with van der Waals surface area (Å²) in [6.07, 6.45) is 3.56. The van der Waals surface area contributed by atoms with Crippen LogP contribution in [-0.4, -0.2) is 5.78 Å². The van der Waals surface area contributed by atoms with Gasteiger partial charge in [0.25, 0.3) is 0 Å². The van der Waals surface area contributed by atoms with E-state index in [1.54, 1.807) is 0 Å². The summed E-state index contributed by atoms with van der Waals surface area (Å²) in [5, 5.41) is 0. The predicted octanol–water partition coefficient (Wildman–Crippen LogP) is 2.40. The maximum absolute atomic E-state index is 11.8. The van der Waals surface area contributed by atoms with Crippen LogP contribution in [0.5, 0.6) is 0 Å². The fourth-order valence-electron chi connectivity index (χ4n) is 3.03. The Morgan fingerprint density at radius 1 is 1.36 bits per heavy atom. The summed E-state index contributed by atoms with van der Waals surface area (Å²) in [6.45, 7) is 6.37. The second-order valence-electron chi connectivity index (χ2n) is 5.05. The Balaban J connectivity index is 2.42. The van der Waals surface area contributed by atoms with E-state index in [1.165, 1.54) is 6.42 Å². The van der Waals surface area contributed by atoms with Crippen molar-refractivity contribution in [2.24, 2.45) is 16.7 Å². The molecule has 2 aliphatic rings. The van der Waals surface area contributed by atoms with Crippen LogP contribution in [0.15, 0.2) is 0 Å². The summed E-state index contributed by atoms with van der Waals surface area (Å²) in [4.78, 5) is 11.8. The van der Waals surface area contributed by atoms with Crippen molar-refractivity contribution in [2.45, 2.75) is 40.0 Å². The van der Waals surface area contributed by atoms with E-state index in [9.17, 15) is 4.79 Å². The zero-order valence-corrected chi connectivity index (χ0v) is 7.61. The van der Waals surface area contributed by atoms with Crippen LogP contribution in [0.1, 0.15) is 40.0 Å². The molecule has 2 rings (SSSR count). The molecule has 0 aromatic rings. The van der Waals surface area contributed by atoms with Gasteiger partial charge in [-0.15, -0.1) is 0 Å². The molecule has 2 aliphatic carbocycles. The third-order valence-electron chi connectivity index (χ3n) is 3.90. The molecular weight excluding hydrogens is 136 g/mol. The highest BCUT2D eigenvalue weighted by Crippen LogP contribution is 2.59. The third kappa shape index (κ3) is 0.692. The van der Waals surface area contributed by atoms with Gasteiger partial charge in [0.1, 0.15) is 5.78 Å². The fraction of sp³-hybridized carbons (Fsp3) is 0.900. The summed E-state index contributed by atoms with van der Waals surface area (Å²) in [7, 11) is 0. The van der Waals surface area contributed by atoms with Crippen molar-refractivity contribution in [1.29, 1.82) is 0 Å². The van der Waals surface area contributed by atoms with E-state index < -0.39 is 0 Å². The van der Waals surface area contributed by atoms with Crippen LogP contribution >= 0.6 is 0 Å². The molecule has 0 heterocycles. The summed E-state index contributed by atoms with van der Waals surface area (Å²) in [5.41, 5.74) is 0.0567. The highest BCUT2D eigenvalue weighted by atomic mass is 16.1. The van der Waals surface area contributed by atoms with Gasteiger partial charge >= 0.3 is 0 Å². The Morgan fingerprint density at radius 3 is 2.27 bits per heavy atom. The lowest BCUT2D eigenvalue weighted by molar-refractivity contribution is -0.134. The maximum Gasteiger partial charge on any atom is 0.144 e. The van der Waals surface area contributed by atoms with Crippen molar-refractivity contribution in [3.05, 3.63) is 0 Å². The van der Waals surface area contributed by atoms with E-state index in [0.717, 1.165) is 12.8 Å². The second kappa shape index (κ2) is 1.70. The Labute approximate surface area is 68.2 Å². The molecule has 2 atom stereocenters. The van der Waals surface area contributed by atoms with Crippen molar-refractivity contribution in [2.75, 3.05) is 0 Å². The molecule has 2 saturated carbocycles. The van der Waals surface area contributed by atoms with Gasteiger partial charge in [-0.2, -0.15) is 0 Å². The molecule has 1 nitrogen and oxygen atoms in total. The number of carbonyl (C=O) groups excluding carboxylic acids is 1. The average Bonchev–Trinajstić information content (AvgIpc) is 2.36. The van der Waals surface area contributed by atoms with E-state index in [0.29, 0.717) is 11.7 Å². The first-order valence-corrected chi connectivity index (χ1v) is 4.52. The van der Waals surface area contributed by atoms with Gasteiger partial charge in [0.05, 0.1) is 0 Å². The van der Waals surface area contributed by atoms with Crippen LogP contribution in [0.25, 0.3) is 0 Å². The molecule has 11 heavy (non-hydrogen) atoms. The molecule has 2 fully saturated rings. The lowest BCUT2D eigenvalue weighted by Crippen LogP contribution is -2.35. The molecule has 0 radical (unpaired) electrons. The summed E-state index contributed by atoms with van der Waals surface area (Å²) in [5.74, 6) is 1.20.